The third-order valence-electron chi connectivity index (χ3n) is 4.74. The van der Waals surface area contributed by atoms with Crippen LogP contribution in [0.25, 0.3) is 11.5 Å². The summed E-state index contributed by atoms with van der Waals surface area (Å²) in [5.41, 5.74) is 3.15. The van der Waals surface area contributed by atoms with Crippen LogP contribution in [0.5, 0.6) is 11.5 Å². The zero-order valence-corrected chi connectivity index (χ0v) is 16.3. The third kappa shape index (κ3) is 4.89. The second-order valence-electron chi connectivity index (χ2n) is 6.69. The normalized spacial score (nSPS) is 12.2. The number of benzene rings is 2. The van der Waals surface area contributed by atoms with E-state index in [1.807, 2.05) is 36.4 Å². The molecule has 0 saturated heterocycles. The minimum absolute atomic E-state index is 0.375. The van der Waals surface area contributed by atoms with Gasteiger partial charge in [0.15, 0.2) is 0 Å². The van der Waals surface area contributed by atoms with Gasteiger partial charge in [0.25, 0.3) is 0 Å². The summed E-state index contributed by atoms with van der Waals surface area (Å²) in [7, 11) is 5.45. The Bertz CT molecular complexity index is 841. The second-order valence-corrected chi connectivity index (χ2v) is 6.69. The molecule has 1 heterocycles. The van der Waals surface area contributed by atoms with Crippen molar-refractivity contribution in [3.05, 3.63) is 66.1 Å². The van der Waals surface area contributed by atoms with Gasteiger partial charge in [-0.25, -0.2) is 4.98 Å². The molecule has 3 rings (SSSR count). The van der Waals surface area contributed by atoms with Crippen LogP contribution >= 0.6 is 0 Å². The van der Waals surface area contributed by atoms with E-state index in [0.717, 1.165) is 35.7 Å². The summed E-state index contributed by atoms with van der Waals surface area (Å²) >= 11 is 0. The van der Waals surface area contributed by atoms with Crippen molar-refractivity contribution in [1.82, 2.24) is 9.88 Å². The summed E-state index contributed by atoms with van der Waals surface area (Å²) in [5.74, 6) is 2.33. The van der Waals surface area contributed by atoms with Crippen molar-refractivity contribution in [3.63, 3.8) is 0 Å². The van der Waals surface area contributed by atoms with E-state index in [4.69, 9.17) is 13.9 Å². The van der Waals surface area contributed by atoms with Gasteiger partial charge >= 0.3 is 0 Å². The molecule has 27 heavy (non-hydrogen) atoms. The molecule has 0 spiro atoms. The van der Waals surface area contributed by atoms with Gasteiger partial charge in [0.05, 0.1) is 19.9 Å². The zero-order chi connectivity index (χ0) is 19.2. The van der Waals surface area contributed by atoms with Crippen LogP contribution in [-0.2, 0) is 13.0 Å². The zero-order valence-electron chi connectivity index (χ0n) is 16.3. The van der Waals surface area contributed by atoms with E-state index >= 15 is 0 Å². The average Bonchev–Trinajstić information content (AvgIpc) is 3.17. The van der Waals surface area contributed by atoms with Gasteiger partial charge in [-0.15, -0.1) is 0 Å². The highest BCUT2D eigenvalue weighted by Gasteiger charge is 2.14. The van der Waals surface area contributed by atoms with Gasteiger partial charge in [0.1, 0.15) is 17.8 Å². The molecule has 1 aromatic heterocycles. The number of likely N-dealkylation sites (N-methyl/N-ethyl adjacent to an activating group) is 1. The van der Waals surface area contributed by atoms with E-state index in [-0.39, 0.29) is 0 Å². The largest absolute Gasteiger partial charge is 0.497 e. The van der Waals surface area contributed by atoms with E-state index in [0.29, 0.717) is 11.9 Å². The standard InChI is InChI=1S/C22H26N2O3/c1-16(13-17-5-9-20(25-3)10-6-17)24(2)14-19-15-27-22(23-19)18-7-11-21(26-4)12-8-18/h5-12,15-16H,13-14H2,1-4H3. The summed E-state index contributed by atoms with van der Waals surface area (Å²) in [6.07, 6.45) is 2.69. The maximum Gasteiger partial charge on any atom is 0.226 e. The van der Waals surface area contributed by atoms with E-state index in [2.05, 4.69) is 36.0 Å². The monoisotopic (exact) mass is 366 g/mol. The Hall–Kier alpha value is -2.79. The smallest absolute Gasteiger partial charge is 0.226 e. The summed E-state index contributed by atoms with van der Waals surface area (Å²) in [6.45, 7) is 2.95. The molecule has 2 aromatic carbocycles. The van der Waals surface area contributed by atoms with Crippen molar-refractivity contribution in [2.24, 2.45) is 0 Å². The molecule has 0 radical (unpaired) electrons. The van der Waals surface area contributed by atoms with Gasteiger partial charge < -0.3 is 13.9 Å². The minimum atomic E-state index is 0.375. The van der Waals surface area contributed by atoms with E-state index in [1.54, 1.807) is 20.5 Å². The van der Waals surface area contributed by atoms with Crippen LogP contribution in [0.1, 0.15) is 18.2 Å². The van der Waals surface area contributed by atoms with Gasteiger partial charge in [0, 0.05) is 18.2 Å². The Kier molecular flexibility index (Phi) is 6.14. The fraction of sp³-hybridized carbons (Fsp3) is 0.318. The topological polar surface area (TPSA) is 47.7 Å². The molecule has 0 aliphatic heterocycles. The maximum absolute atomic E-state index is 5.66. The van der Waals surface area contributed by atoms with Gasteiger partial charge in [0.2, 0.25) is 5.89 Å². The molecular weight excluding hydrogens is 340 g/mol. The van der Waals surface area contributed by atoms with Crippen LogP contribution in [0.3, 0.4) is 0 Å². The number of nitrogens with zero attached hydrogens (tertiary/aromatic N) is 2. The average molecular weight is 366 g/mol. The van der Waals surface area contributed by atoms with Crippen molar-refractivity contribution >= 4 is 0 Å². The van der Waals surface area contributed by atoms with Gasteiger partial charge in [-0.2, -0.15) is 0 Å². The van der Waals surface area contributed by atoms with Crippen LogP contribution < -0.4 is 9.47 Å². The van der Waals surface area contributed by atoms with E-state index < -0.39 is 0 Å². The fourth-order valence-electron chi connectivity index (χ4n) is 2.92. The number of ether oxygens (including phenoxy) is 2. The summed E-state index contributed by atoms with van der Waals surface area (Å²) < 4.78 is 16.1. The highest BCUT2D eigenvalue weighted by atomic mass is 16.5. The maximum atomic E-state index is 5.66. The Morgan fingerprint density at radius 1 is 0.963 bits per heavy atom. The number of hydrogen-bond acceptors (Lipinski definition) is 5. The Balaban J connectivity index is 1.59. The lowest BCUT2D eigenvalue weighted by Gasteiger charge is -2.23. The lowest BCUT2D eigenvalue weighted by Crippen LogP contribution is -2.30. The third-order valence-corrected chi connectivity index (χ3v) is 4.74. The second kappa shape index (κ2) is 8.73. The molecule has 5 nitrogen and oxygen atoms in total. The Morgan fingerprint density at radius 3 is 2.15 bits per heavy atom. The van der Waals surface area contributed by atoms with Crippen LogP contribution in [-0.4, -0.2) is 37.2 Å². The molecule has 5 heteroatoms. The number of hydrogen-bond donors (Lipinski definition) is 0. The number of methoxy groups -OCH3 is 2. The Morgan fingerprint density at radius 2 is 1.56 bits per heavy atom. The Labute approximate surface area is 160 Å². The SMILES string of the molecule is COc1ccc(CC(C)N(C)Cc2coc(-c3ccc(OC)cc3)n2)cc1. The van der Waals surface area contributed by atoms with Crippen molar-refractivity contribution in [2.45, 2.75) is 25.9 Å². The fourth-order valence-corrected chi connectivity index (χ4v) is 2.92. The highest BCUT2D eigenvalue weighted by Crippen LogP contribution is 2.22. The minimum Gasteiger partial charge on any atom is -0.497 e. The van der Waals surface area contributed by atoms with Crippen molar-refractivity contribution < 1.29 is 13.9 Å². The molecule has 1 unspecified atom stereocenters. The van der Waals surface area contributed by atoms with Crippen LogP contribution in [0.4, 0.5) is 0 Å². The summed E-state index contributed by atoms with van der Waals surface area (Å²) in [5, 5.41) is 0. The molecule has 0 fully saturated rings. The molecule has 0 aliphatic rings. The molecule has 0 bridgehead atoms. The molecule has 0 aliphatic carbocycles. The predicted octanol–water partition coefficient (Wildman–Crippen LogP) is 4.42. The first-order valence-electron chi connectivity index (χ1n) is 9.01. The van der Waals surface area contributed by atoms with E-state index in [1.165, 1.54) is 5.56 Å². The van der Waals surface area contributed by atoms with Crippen LogP contribution in [0.2, 0.25) is 0 Å². The summed E-state index contributed by atoms with van der Waals surface area (Å²) in [4.78, 5) is 6.90. The summed E-state index contributed by atoms with van der Waals surface area (Å²) in [6, 6.07) is 16.3. The first-order valence-corrected chi connectivity index (χ1v) is 9.01. The van der Waals surface area contributed by atoms with Crippen LogP contribution in [0.15, 0.2) is 59.2 Å². The molecule has 0 saturated carbocycles. The van der Waals surface area contributed by atoms with Crippen LogP contribution in [0, 0.1) is 0 Å². The molecular formula is C22H26N2O3. The number of rotatable bonds is 8. The molecule has 142 valence electrons. The number of oxazole rings is 1. The predicted molar refractivity (Wildman–Crippen MR) is 106 cm³/mol. The lowest BCUT2D eigenvalue weighted by molar-refractivity contribution is 0.245. The van der Waals surface area contributed by atoms with E-state index in [9.17, 15) is 0 Å². The van der Waals surface area contributed by atoms with Crippen molar-refractivity contribution in [3.8, 4) is 23.0 Å². The van der Waals surface area contributed by atoms with Gasteiger partial charge in [-0.05, 0) is 62.4 Å². The molecule has 3 aromatic rings. The number of aromatic nitrogens is 1. The molecule has 1 atom stereocenters. The quantitative estimate of drug-likeness (QED) is 0.590. The highest BCUT2D eigenvalue weighted by molar-refractivity contribution is 5.54. The lowest BCUT2D eigenvalue weighted by atomic mass is 10.1. The first-order chi connectivity index (χ1) is 13.1. The van der Waals surface area contributed by atoms with Gasteiger partial charge in [-0.3, -0.25) is 4.90 Å². The molecule has 0 amide bonds. The van der Waals surface area contributed by atoms with Crippen molar-refractivity contribution in [2.75, 3.05) is 21.3 Å². The molecule has 0 N–H and O–H groups in total. The van der Waals surface area contributed by atoms with Crippen molar-refractivity contribution in [1.29, 1.82) is 0 Å². The first kappa shape index (κ1) is 19.0. The van der Waals surface area contributed by atoms with Gasteiger partial charge in [-0.1, -0.05) is 12.1 Å².